The van der Waals surface area contributed by atoms with Crippen molar-refractivity contribution in [1.82, 2.24) is 14.1 Å². The van der Waals surface area contributed by atoms with E-state index in [9.17, 15) is 23.2 Å². The third-order valence-electron chi connectivity index (χ3n) is 4.64. The van der Waals surface area contributed by atoms with Gasteiger partial charge in [0.25, 0.3) is 6.43 Å². The molecule has 0 unspecified atom stereocenters. The summed E-state index contributed by atoms with van der Waals surface area (Å²) in [5.41, 5.74) is 0.509. The van der Waals surface area contributed by atoms with Crippen LogP contribution in [0.5, 0.6) is 0 Å². The molecule has 0 saturated carbocycles. The van der Waals surface area contributed by atoms with Crippen LogP contribution >= 0.6 is 0 Å². The van der Waals surface area contributed by atoms with Crippen molar-refractivity contribution in [3.63, 3.8) is 0 Å². The third kappa shape index (κ3) is 3.38. The first-order valence-corrected chi connectivity index (χ1v) is 8.60. The summed E-state index contributed by atoms with van der Waals surface area (Å²) in [6.07, 6.45) is 3.32. The van der Waals surface area contributed by atoms with Gasteiger partial charge >= 0.3 is 0 Å². The summed E-state index contributed by atoms with van der Waals surface area (Å²) >= 11 is 0. The van der Waals surface area contributed by atoms with Crippen LogP contribution in [0.15, 0.2) is 66.1 Å². The quantitative estimate of drug-likeness (QED) is 0.522. The van der Waals surface area contributed by atoms with E-state index in [0.717, 1.165) is 6.07 Å². The molecule has 0 fully saturated rings. The minimum Gasteiger partial charge on any atom is -0.341 e. The second kappa shape index (κ2) is 7.28. The van der Waals surface area contributed by atoms with Crippen LogP contribution in [0, 0.1) is 17.1 Å². The van der Waals surface area contributed by atoms with Crippen molar-refractivity contribution in [1.29, 1.82) is 5.26 Å². The SMILES string of the molecule is N#Cc1cn(Cc2ccc(C(F)F)cc2)c2cc(-n3ccnc3)c(F)cc2c1=O. The van der Waals surface area contributed by atoms with Crippen LogP contribution in [-0.2, 0) is 6.54 Å². The second-order valence-corrected chi connectivity index (χ2v) is 6.44. The van der Waals surface area contributed by atoms with Crippen LogP contribution in [0.1, 0.15) is 23.1 Å². The number of hydrogen-bond acceptors (Lipinski definition) is 3. The fourth-order valence-electron chi connectivity index (χ4n) is 3.17. The summed E-state index contributed by atoms with van der Waals surface area (Å²) < 4.78 is 43.3. The minimum atomic E-state index is -2.57. The Bertz CT molecular complexity index is 1290. The summed E-state index contributed by atoms with van der Waals surface area (Å²) in [6, 6.07) is 10.2. The maximum absolute atomic E-state index is 14.6. The predicted octanol–water partition coefficient (Wildman–Crippen LogP) is 4.18. The first-order valence-electron chi connectivity index (χ1n) is 8.60. The molecule has 4 aromatic rings. The van der Waals surface area contributed by atoms with E-state index in [0.29, 0.717) is 11.1 Å². The summed E-state index contributed by atoms with van der Waals surface area (Å²) in [5.74, 6) is -0.629. The highest BCUT2D eigenvalue weighted by molar-refractivity contribution is 5.82. The van der Waals surface area contributed by atoms with Crippen molar-refractivity contribution < 1.29 is 13.2 Å². The summed E-state index contributed by atoms with van der Waals surface area (Å²) in [4.78, 5) is 16.4. The minimum absolute atomic E-state index is 0.0645. The lowest BCUT2D eigenvalue weighted by molar-refractivity contribution is 0.151. The molecule has 0 aliphatic heterocycles. The lowest BCUT2D eigenvalue weighted by Gasteiger charge is -2.14. The Balaban J connectivity index is 1.89. The van der Waals surface area contributed by atoms with E-state index in [2.05, 4.69) is 4.98 Å². The molecule has 0 aliphatic rings. The molecule has 0 saturated heterocycles. The Kier molecular flexibility index (Phi) is 4.64. The van der Waals surface area contributed by atoms with Gasteiger partial charge in [-0.1, -0.05) is 24.3 Å². The largest absolute Gasteiger partial charge is 0.341 e. The molecule has 0 N–H and O–H groups in total. The number of hydrogen-bond donors (Lipinski definition) is 0. The van der Waals surface area contributed by atoms with Crippen LogP contribution in [0.2, 0.25) is 0 Å². The fraction of sp³-hybridized carbons (Fsp3) is 0.0952. The van der Waals surface area contributed by atoms with Gasteiger partial charge in [0, 0.05) is 30.7 Å². The van der Waals surface area contributed by atoms with E-state index in [4.69, 9.17) is 0 Å². The number of imidazole rings is 1. The van der Waals surface area contributed by atoms with Gasteiger partial charge in [0.2, 0.25) is 5.43 Å². The van der Waals surface area contributed by atoms with Crippen LogP contribution in [0.4, 0.5) is 13.2 Å². The highest BCUT2D eigenvalue weighted by Crippen LogP contribution is 2.23. The topological polar surface area (TPSA) is 63.6 Å². The van der Waals surface area contributed by atoms with Crippen molar-refractivity contribution in [2.45, 2.75) is 13.0 Å². The Labute approximate surface area is 162 Å². The van der Waals surface area contributed by atoms with E-state index in [1.165, 1.54) is 41.5 Å². The van der Waals surface area contributed by atoms with Crippen LogP contribution in [-0.4, -0.2) is 14.1 Å². The number of alkyl halides is 2. The Morgan fingerprint density at radius 2 is 1.93 bits per heavy atom. The molecule has 8 heteroatoms. The monoisotopic (exact) mass is 394 g/mol. The van der Waals surface area contributed by atoms with Crippen LogP contribution < -0.4 is 5.43 Å². The molecule has 0 radical (unpaired) electrons. The maximum Gasteiger partial charge on any atom is 0.263 e. The van der Waals surface area contributed by atoms with E-state index in [1.54, 1.807) is 22.9 Å². The van der Waals surface area contributed by atoms with Gasteiger partial charge in [-0.2, -0.15) is 5.26 Å². The molecule has 4 rings (SSSR count). The van der Waals surface area contributed by atoms with Crippen molar-refractivity contribution in [3.8, 4) is 11.8 Å². The fourth-order valence-corrected chi connectivity index (χ4v) is 3.17. The van der Waals surface area contributed by atoms with Crippen LogP contribution in [0.25, 0.3) is 16.6 Å². The normalized spacial score (nSPS) is 11.1. The molecule has 0 bridgehead atoms. The molecule has 2 aromatic heterocycles. The zero-order chi connectivity index (χ0) is 20.5. The van der Waals surface area contributed by atoms with Crippen molar-refractivity contribution in [3.05, 3.63) is 94.0 Å². The molecule has 0 atom stereocenters. The van der Waals surface area contributed by atoms with Gasteiger partial charge < -0.3 is 9.13 Å². The summed E-state index contributed by atoms with van der Waals surface area (Å²) in [5, 5.41) is 9.35. The van der Waals surface area contributed by atoms with Crippen molar-refractivity contribution in [2.24, 2.45) is 0 Å². The predicted molar refractivity (Wildman–Crippen MR) is 101 cm³/mol. The van der Waals surface area contributed by atoms with Gasteiger partial charge in [-0.05, 0) is 17.7 Å². The standard InChI is InChI=1S/C21H13F3N4O/c22-17-7-16-18(8-19(17)27-6-5-26-12-27)28(11-15(9-25)20(16)29)10-13-1-3-14(4-2-13)21(23)24/h1-8,11-12,21H,10H2. The lowest BCUT2D eigenvalue weighted by atomic mass is 10.1. The van der Waals surface area contributed by atoms with Gasteiger partial charge in [0.05, 0.1) is 22.9 Å². The second-order valence-electron chi connectivity index (χ2n) is 6.44. The summed E-state index contributed by atoms with van der Waals surface area (Å²) in [6.45, 7) is 0.212. The van der Waals surface area contributed by atoms with Gasteiger partial charge in [-0.25, -0.2) is 18.2 Å². The molecule has 0 aliphatic carbocycles. The average Bonchev–Trinajstić information content (AvgIpc) is 3.25. The molecule has 0 spiro atoms. The number of benzene rings is 2. The van der Waals surface area contributed by atoms with E-state index < -0.39 is 17.7 Å². The van der Waals surface area contributed by atoms with Gasteiger partial charge in [-0.3, -0.25) is 4.79 Å². The lowest BCUT2D eigenvalue weighted by Crippen LogP contribution is -2.14. The molecular weight excluding hydrogens is 381 g/mol. The van der Waals surface area contributed by atoms with E-state index >= 15 is 0 Å². The molecular formula is C21H13F3N4O. The molecule has 5 nitrogen and oxygen atoms in total. The van der Waals surface area contributed by atoms with Gasteiger partial charge in [0.1, 0.15) is 17.4 Å². The van der Waals surface area contributed by atoms with Gasteiger partial charge in [0.15, 0.2) is 0 Å². The number of aromatic nitrogens is 3. The van der Waals surface area contributed by atoms with Gasteiger partial charge in [-0.15, -0.1) is 0 Å². The molecule has 2 aromatic carbocycles. The molecule has 29 heavy (non-hydrogen) atoms. The number of halogens is 3. The van der Waals surface area contributed by atoms with Crippen molar-refractivity contribution >= 4 is 10.9 Å². The summed E-state index contributed by atoms with van der Waals surface area (Å²) in [7, 11) is 0. The number of nitriles is 1. The molecule has 0 amide bonds. The first-order chi connectivity index (χ1) is 14.0. The third-order valence-corrected chi connectivity index (χ3v) is 4.64. The zero-order valence-electron chi connectivity index (χ0n) is 14.9. The van der Waals surface area contributed by atoms with E-state index in [-0.39, 0.29) is 28.7 Å². The molecule has 2 heterocycles. The Morgan fingerprint density at radius 1 is 1.17 bits per heavy atom. The first kappa shape index (κ1) is 18.5. The smallest absolute Gasteiger partial charge is 0.263 e. The Morgan fingerprint density at radius 3 is 2.55 bits per heavy atom. The zero-order valence-corrected chi connectivity index (χ0v) is 14.9. The van der Waals surface area contributed by atoms with E-state index in [1.807, 2.05) is 6.07 Å². The van der Waals surface area contributed by atoms with Crippen molar-refractivity contribution in [2.75, 3.05) is 0 Å². The highest BCUT2D eigenvalue weighted by atomic mass is 19.3. The average molecular weight is 394 g/mol. The molecule has 144 valence electrons. The number of fused-ring (bicyclic) bond motifs is 1. The van der Waals surface area contributed by atoms with Crippen LogP contribution in [0.3, 0.4) is 0 Å². The number of pyridine rings is 1. The number of nitrogens with zero attached hydrogens (tertiary/aromatic N) is 4. The maximum atomic E-state index is 14.6. The Hall–Kier alpha value is -3.86. The number of rotatable bonds is 4. The highest BCUT2D eigenvalue weighted by Gasteiger charge is 2.15.